The number of ether oxygens (including phenoxy) is 3. The maximum Gasteiger partial charge on any atom is 0.200 e. The first-order valence-corrected chi connectivity index (χ1v) is 9.51. The van der Waals surface area contributed by atoms with Gasteiger partial charge in [0, 0.05) is 11.6 Å². The Morgan fingerprint density at radius 2 is 1.59 bits per heavy atom. The zero-order chi connectivity index (χ0) is 23.7. The van der Waals surface area contributed by atoms with Gasteiger partial charge in [0.15, 0.2) is 11.5 Å². The van der Waals surface area contributed by atoms with Crippen LogP contribution in [0.5, 0.6) is 28.7 Å². The van der Waals surface area contributed by atoms with E-state index in [9.17, 15) is 40.5 Å². The van der Waals surface area contributed by atoms with Crippen LogP contribution < -0.4 is 9.47 Å². The van der Waals surface area contributed by atoms with Crippen LogP contribution >= 0.6 is 0 Å². The molecule has 0 aliphatic carbocycles. The Balaban J connectivity index is 2.15. The molecule has 1 aliphatic heterocycles. The Kier molecular flexibility index (Phi) is 6.77. The van der Waals surface area contributed by atoms with Crippen molar-refractivity contribution in [2.45, 2.75) is 30.5 Å². The first-order valence-electron chi connectivity index (χ1n) is 9.51. The smallest absolute Gasteiger partial charge is 0.200 e. The maximum absolute atomic E-state index is 13.1. The fourth-order valence-corrected chi connectivity index (χ4v) is 3.62. The summed E-state index contributed by atoms with van der Waals surface area (Å²) in [5.41, 5.74) is -0.892. The molecule has 174 valence electrons. The molecular formula is C21H24O11. The van der Waals surface area contributed by atoms with E-state index in [-0.39, 0.29) is 28.4 Å². The highest BCUT2D eigenvalue weighted by Gasteiger charge is 2.46. The van der Waals surface area contributed by atoms with E-state index in [1.54, 1.807) is 0 Å². The standard InChI is InChI=1S/C21H24O11/c1-30-11-5-8(3-4-9(11)23)16(25)14-10(24)6-12(31-2)15(18(14)27)21-20(29)19(28)17(26)13(7-22)32-21/h3-6,13,17,19-24,26-29H,7H2,1-2H3/t13?,17-,19?,20+,21+/m1/s1. The van der Waals surface area contributed by atoms with Crippen molar-refractivity contribution in [3.63, 3.8) is 0 Å². The lowest BCUT2D eigenvalue weighted by Gasteiger charge is -2.40. The van der Waals surface area contributed by atoms with Gasteiger partial charge in [0.25, 0.3) is 0 Å². The molecule has 3 rings (SSSR count). The summed E-state index contributed by atoms with van der Waals surface area (Å²) in [6, 6.07) is 4.66. The molecule has 1 saturated heterocycles. The number of benzene rings is 2. The van der Waals surface area contributed by atoms with Crippen molar-refractivity contribution in [3.8, 4) is 28.7 Å². The predicted molar refractivity (Wildman–Crippen MR) is 107 cm³/mol. The van der Waals surface area contributed by atoms with Crippen LogP contribution in [0.4, 0.5) is 0 Å². The molecule has 7 N–H and O–H groups in total. The summed E-state index contributed by atoms with van der Waals surface area (Å²) < 4.78 is 15.6. The fraction of sp³-hybridized carbons (Fsp3) is 0.381. The van der Waals surface area contributed by atoms with E-state index < -0.39 is 60.0 Å². The Bertz CT molecular complexity index is 1000. The third-order valence-corrected chi connectivity index (χ3v) is 5.35. The van der Waals surface area contributed by atoms with Gasteiger partial charge >= 0.3 is 0 Å². The molecule has 2 aromatic rings. The number of rotatable bonds is 6. The summed E-state index contributed by atoms with van der Waals surface area (Å²) in [6.45, 7) is -0.707. The molecular weight excluding hydrogens is 428 g/mol. The Morgan fingerprint density at radius 3 is 2.19 bits per heavy atom. The van der Waals surface area contributed by atoms with Crippen LogP contribution in [0, 0.1) is 0 Å². The number of aliphatic hydroxyl groups is 4. The second kappa shape index (κ2) is 9.18. The van der Waals surface area contributed by atoms with Gasteiger partial charge in [-0.1, -0.05) is 0 Å². The SMILES string of the molecule is COc1cc(C(=O)c2c(O)cc(OC)c([C@@H]3OC(CO)[C@@H](O)C(O)[C@@H]3O)c2O)ccc1O. The minimum absolute atomic E-state index is 0.0162. The van der Waals surface area contributed by atoms with Gasteiger partial charge in [-0.05, 0) is 18.2 Å². The second-order valence-corrected chi connectivity index (χ2v) is 7.20. The molecule has 11 heteroatoms. The molecule has 2 unspecified atom stereocenters. The number of aliphatic hydroxyl groups excluding tert-OH is 4. The predicted octanol–water partition coefficient (Wildman–Crippen LogP) is -0.434. The van der Waals surface area contributed by atoms with Crippen LogP contribution in [0.3, 0.4) is 0 Å². The van der Waals surface area contributed by atoms with Gasteiger partial charge in [-0.3, -0.25) is 4.79 Å². The van der Waals surface area contributed by atoms with Gasteiger partial charge in [-0.25, -0.2) is 0 Å². The third kappa shape index (κ3) is 3.92. The molecule has 32 heavy (non-hydrogen) atoms. The number of carbonyl (C=O) groups excluding carboxylic acids is 1. The molecule has 1 aliphatic rings. The molecule has 0 amide bonds. The third-order valence-electron chi connectivity index (χ3n) is 5.35. The summed E-state index contributed by atoms with van der Waals surface area (Å²) in [5.74, 6) is -2.73. The van der Waals surface area contributed by atoms with Crippen LogP contribution in [0.25, 0.3) is 0 Å². The maximum atomic E-state index is 13.1. The number of phenolic OH excluding ortho intramolecular Hbond substituents is 3. The number of methoxy groups -OCH3 is 2. The summed E-state index contributed by atoms with van der Waals surface area (Å²) in [4.78, 5) is 13.1. The molecule has 11 nitrogen and oxygen atoms in total. The first-order chi connectivity index (χ1) is 15.2. The van der Waals surface area contributed by atoms with Crippen LogP contribution in [-0.4, -0.2) is 86.8 Å². The number of aromatic hydroxyl groups is 3. The zero-order valence-electron chi connectivity index (χ0n) is 17.2. The van der Waals surface area contributed by atoms with Crippen LogP contribution in [0.2, 0.25) is 0 Å². The van der Waals surface area contributed by atoms with Gasteiger partial charge < -0.3 is 50.0 Å². The molecule has 2 aromatic carbocycles. The number of hydrogen-bond acceptors (Lipinski definition) is 11. The van der Waals surface area contributed by atoms with Crippen molar-refractivity contribution < 1.29 is 54.8 Å². The Labute approximate surface area is 182 Å². The minimum Gasteiger partial charge on any atom is -0.507 e. The van der Waals surface area contributed by atoms with E-state index in [0.29, 0.717) is 0 Å². The summed E-state index contributed by atoms with van der Waals surface area (Å²) in [6.07, 6.45) is -7.96. The quantitative estimate of drug-likeness (QED) is 0.282. The van der Waals surface area contributed by atoms with E-state index in [2.05, 4.69) is 0 Å². The van der Waals surface area contributed by atoms with Gasteiger partial charge in [0.05, 0.1) is 26.4 Å². The van der Waals surface area contributed by atoms with Gasteiger partial charge in [-0.2, -0.15) is 0 Å². The normalized spacial score (nSPS) is 25.4. The topological polar surface area (TPSA) is 186 Å². The summed E-state index contributed by atoms with van der Waals surface area (Å²) in [7, 11) is 2.48. The average molecular weight is 452 g/mol. The highest BCUT2D eigenvalue weighted by atomic mass is 16.5. The lowest BCUT2D eigenvalue weighted by Crippen LogP contribution is -2.55. The van der Waals surface area contributed by atoms with Gasteiger partial charge in [-0.15, -0.1) is 0 Å². The average Bonchev–Trinajstić information content (AvgIpc) is 2.78. The van der Waals surface area contributed by atoms with Gasteiger partial charge in [0.1, 0.15) is 53.3 Å². The zero-order valence-corrected chi connectivity index (χ0v) is 17.2. The lowest BCUT2D eigenvalue weighted by molar-refractivity contribution is -0.232. The van der Waals surface area contributed by atoms with Crippen LogP contribution in [0.15, 0.2) is 24.3 Å². The van der Waals surface area contributed by atoms with Gasteiger partial charge in [0.2, 0.25) is 5.78 Å². The molecule has 0 bridgehead atoms. The van der Waals surface area contributed by atoms with Crippen molar-refractivity contribution in [2.24, 2.45) is 0 Å². The summed E-state index contributed by atoms with van der Waals surface area (Å²) >= 11 is 0. The van der Waals surface area contributed by atoms with Crippen LogP contribution in [-0.2, 0) is 4.74 Å². The van der Waals surface area contributed by atoms with Crippen molar-refractivity contribution >= 4 is 5.78 Å². The molecule has 0 aromatic heterocycles. The van der Waals surface area contributed by atoms with Crippen molar-refractivity contribution in [1.82, 2.24) is 0 Å². The number of hydrogen-bond donors (Lipinski definition) is 7. The molecule has 5 atom stereocenters. The monoisotopic (exact) mass is 452 g/mol. The largest absolute Gasteiger partial charge is 0.507 e. The summed E-state index contributed by atoms with van der Waals surface area (Å²) in [5, 5.41) is 71.1. The molecule has 0 saturated carbocycles. The number of carbonyl (C=O) groups is 1. The van der Waals surface area contributed by atoms with Crippen LogP contribution in [0.1, 0.15) is 27.6 Å². The lowest BCUT2D eigenvalue weighted by atomic mass is 9.88. The van der Waals surface area contributed by atoms with Crippen molar-refractivity contribution in [1.29, 1.82) is 0 Å². The highest BCUT2D eigenvalue weighted by Crippen LogP contribution is 2.47. The van der Waals surface area contributed by atoms with E-state index in [1.807, 2.05) is 0 Å². The molecule has 0 spiro atoms. The fourth-order valence-electron chi connectivity index (χ4n) is 3.62. The molecule has 1 fully saturated rings. The second-order valence-electron chi connectivity index (χ2n) is 7.20. The van der Waals surface area contributed by atoms with Crippen molar-refractivity contribution in [3.05, 3.63) is 41.0 Å². The Morgan fingerprint density at radius 1 is 0.938 bits per heavy atom. The first kappa shape index (κ1) is 23.6. The number of ketones is 1. The molecule has 0 radical (unpaired) electrons. The van der Waals surface area contributed by atoms with E-state index in [0.717, 1.165) is 6.07 Å². The van der Waals surface area contributed by atoms with E-state index in [1.165, 1.54) is 32.4 Å². The highest BCUT2D eigenvalue weighted by molar-refractivity contribution is 6.13. The number of phenols is 3. The van der Waals surface area contributed by atoms with E-state index >= 15 is 0 Å². The molecule has 1 heterocycles. The Hall–Kier alpha value is -3.09. The minimum atomic E-state index is -1.77. The van der Waals surface area contributed by atoms with E-state index in [4.69, 9.17) is 14.2 Å². The van der Waals surface area contributed by atoms with Crippen molar-refractivity contribution in [2.75, 3.05) is 20.8 Å².